The standard InChI is InChI=1S/C43H52N10O5/c1-8-56-21-33-50-37-39(52(33)24-42(4,5)51-35(54)23-57-9-2)29-12-10-11-13-31(29)48-41(37)46-26(3)58-22-34-49-36-38(53(34)25-43(6,7)55)30-15-14-28(20-32(30)47-40(36)44)27-16-18-45-19-17-27/h10-20,26,55H,8-9,21-25H2,1-7H3,(H2,44,47)(H,46,48)(H,51,54). The average Bonchev–Trinajstić information content (AvgIpc) is 3.72. The first-order valence-electron chi connectivity index (χ1n) is 19.6. The molecule has 0 aliphatic heterocycles. The molecular formula is C43H52N10O5. The number of hydrogen-bond acceptors (Lipinski definition) is 12. The number of imidazole rings is 2. The number of rotatable bonds is 17. The van der Waals surface area contributed by atoms with Gasteiger partial charge in [0.2, 0.25) is 5.91 Å². The maximum atomic E-state index is 12.7. The second-order valence-corrected chi connectivity index (χ2v) is 15.7. The summed E-state index contributed by atoms with van der Waals surface area (Å²) >= 11 is 0. The lowest BCUT2D eigenvalue weighted by Crippen LogP contribution is -2.48. The molecule has 0 bridgehead atoms. The summed E-state index contributed by atoms with van der Waals surface area (Å²) in [7, 11) is 0. The zero-order chi connectivity index (χ0) is 41.2. The molecule has 0 spiro atoms. The number of amides is 1. The Morgan fingerprint density at radius 1 is 0.810 bits per heavy atom. The Morgan fingerprint density at radius 2 is 1.48 bits per heavy atom. The van der Waals surface area contributed by atoms with Crippen LogP contribution < -0.4 is 16.4 Å². The predicted molar refractivity (Wildman–Crippen MR) is 226 cm³/mol. The number of aromatic nitrogens is 7. The van der Waals surface area contributed by atoms with E-state index in [4.69, 9.17) is 39.9 Å². The number of nitrogen functional groups attached to an aromatic ring is 1. The van der Waals surface area contributed by atoms with E-state index in [1.807, 2.05) is 93.8 Å². The summed E-state index contributed by atoms with van der Waals surface area (Å²) in [6, 6.07) is 17.9. The molecule has 0 fully saturated rings. The van der Waals surface area contributed by atoms with E-state index in [1.165, 1.54) is 0 Å². The van der Waals surface area contributed by atoms with Crippen LogP contribution in [-0.2, 0) is 45.3 Å². The van der Waals surface area contributed by atoms with Crippen molar-refractivity contribution in [3.05, 3.63) is 78.6 Å². The number of para-hydroxylation sites is 1. The van der Waals surface area contributed by atoms with Crippen molar-refractivity contribution in [3.63, 3.8) is 0 Å². The molecule has 0 saturated heterocycles. The van der Waals surface area contributed by atoms with Gasteiger partial charge in [0.1, 0.15) is 48.7 Å². The lowest BCUT2D eigenvalue weighted by molar-refractivity contribution is -0.127. The summed E-state index contributed by atoms with van der Waals surface area (Å²) < 4.78 is 21.8. The molecule has 1 atom stereocenters. The zero-order valence-corrected chi connectivity index (χ0v) is 34.2. The highest BCUT2D eigenvalue weighted by Crippen LogP contribution is 2.34. The first-order valence-corrected chi connectivity index (χ1v) is 19.6. The third kappa shape index (κ3) is 8.72. The van der Waals surface area contributed by atoms with Crippen LogP contribution in [0.15, 0.2) is 67.0 Å². The molecule has 7 rings (SSSR count). The van der Waals surface area contributed by atoms with Crippen LogP contribution in [0.5, 0.6) is 0 Å². The van der Waals surface area contributed by atoms with Crippen molar-refractivity contribution < 1.29 is 24.1 Å². The van der Waals surface area contributed by atoms with Crippen molar-refractivity contribution in [2.75, 3.05) is 30.9 Å². The molecule has 5 N–H and O–H groups in total. The first kappa shape index (κ1) is 40.5. The molecule has 304 valence electrons. The highest BCUT2D eigenvalue weighted by atomic mass is 16.5. The van der Waals surface area contributed by atoms with Crippen molar-refractivity contribution in [1.29, 1.82) is 0 Å². The molecule has 7 aromatic rings. The van der Waals surface area contributed by atoms with E-state index in [-0.39, 0.29) is 38.1 Å². The van der Waals surface area contributed by atoms with Gasteiger partial charge in [0.25, 0.3) is 0 Å². The third-order valence-electron chi connectivity index (χ3n) is 9.71. The smallest absolute Gasteiger partial charge is 0.246 e. The van der Waals surface area contributed by atoms with Gasteiger partial charge < -0.3 is 44.8 Å². The number of ether oxygens (including phenoxy) is 3. The number of carbonyl (C=O) groups excluding carboxylic acids is 1. The Balaban J connectivity index is 1.22. The topological polar surface area (TPSA) is 189 Å². The molecule has 0 aliphatic carbocycles. The highest BCUT2D eigenvalue weighted by molar-refractivity contribution is 6.08. The Kier molecular flexibility index (Phi) is 11.6. The Hall–Kier alpha value is -5.74. The third-order valence-corrected chi connectivity index (χ3v) is 9.71. The number of fused-ring (bicyclic) bond motifs is 6. The van der Waals surface area contributed by atoms with Gasteiger partial charge in [0.15, 0.2) is 11.6 Å². The number of nitrogens with zero attached hydrogens (tertiary/aromatic N) is 7. The fraction of sp³-hybridized carbons (Fsp3) is 0.395. The molecule has 15 nitrogen and oxygen atoms in total. The first-order chi connectivity index (χ1) is 27.7. The minimum atomic E-state index is -1.08. The molecule has 2 aromatic carbocycles. The van der Waals surface area contributed by atoms with Crippen LogP contribution in [0.4, 0.5) is 11.6 Å². The maximum Gasteiger partial charge on any atom is 0.246 e. The van der Waals surface area contributed by atoms with E-state index in [0.717, 1.165) is 38.4 Å². The van der Waals surface area contributed by atoms with Gasteiger partial charge in [-0.25, -0.2) is 19.9 Å². The normalized spacial score (nSPS) is 12.9. The van der Waals surface area contributed by atoms with Gasteiger partial charge in [-0.05, 0) is 83.9 Å². The van der Waals surface area contributed by atoms with Crippen molar-refractivity contribution in [3.8, 4) is 11.1 Å². The molecular weight excluding hydrogens is 737 g/mol. The minimum absolute atomic E-state index is 0.0159. The van der Waals surface area contributed by atoms with Gasteiger partial charge in [-0.15, -0.1) is 0 Å². The molecule has 58 heavy (non-hydrogen) atoms. The lowest BCUT2D eigenvalue weighted by atomic mass is 10.0. The second kappa shape index (κ2) is 16.6. The SMILES string of the molecule is CCOCC(=O)NC(C)(C)Cn1c(COCC)nc2c(NC(C)OCc3nc4c(N)nc5cc(-c6ccncc6)ccc5c4n3CC(C)(C)O)nc3ccccc3c21. The highest BCUT2D eigenvalue weighted by Gasteiger charge is 2.28. The van der Waals surface area contributed by atoms with Crippen molar-refractivity contribution in [2.45, 2.75) is 92.1 Å². The van der Waals surface area contributed by atoms with Crippen LogP contribution in [0.1, 0.15) is 60.1 Å². The van der Waals surface area contributed by atoms with Gasteiger partial charge in [-0.3, -0.25) is 9.78 Å². The van der Waals surface area contributed by atoms with Gasteiger partial charge in [-0.1, -0.05) is 30.3 Å². The maximum absolute atomic E-state index is 12.7. The molecule has 5 aromatic heterocycles. The quantitative estimate of drug-likeness (QED) is 0.0751. The molecule has 0 radical (unpaired) electrons. The fourth-order valence-electron chi connectivity index (χ4n) is 7.28. The summed E-state index contributed by atoms with van der Waals surface area (Å²) in [5.74, 6) is 1.91. The zero-order valence-electron chi connectivity index (χ0n) is 34.2. The van der Waals surface area contributed by atoms with E-state index in [2.05, 4.69) is 20.2 Å². The summed E-state index contributed by atoms with van der Waals surface area (Å²) in [6.07, 6.45) is 2.95. The van der Waals surface area contributed by atoms with Crippen LogP contribution in [0.2, 0.25) is 0 Å². The largest absolute Gasteiger partial charge is 0.389 e. The van der Waals surface area contributed by atoms with Gasteiger partial charge >= 0.3 is 0 Å². The molecule has 1 amide bonds. The number of carbonyl (C=O) groups is 1. The summed E-state index contributed by atoms with van der Waals surface area (Å²) in [5.41, 5.74) is 11.1. The Morgan fingerprint density at radius 3 is 2.22 bits per heavy atom. The number of hydrogen-bond donors (Lipinski definition) is 4. The van der Waals surface area contributed by atoms with Crippen LogP contribution >= 0.6 is 0 Å². The van der Waals surface area contributed by atoms with E-state index in [9.17, 15) is 9.90 Å². The van der Waals surface area contributed by atoms with E-state index < -0.39 is 17.4 Å². The summed E-state index contributed by atoms with van der Waals surface area (Å²) in [5, 5.41) is 19.4. The number of nitrogens with two attached hydrogens (primary N) is 1. The fourth-order valence-corrected chi connectivity index (χ4v) is 7.28. The monoisotopic (exact) mass is 788 g/mol. The van der Waals surface area contributed by atoms with Crippen LogP contribution in [0.25, 0.3) is 55.0 Å². The van der Waals surface area contributed by atoms with Crippen molar-refractivity contribution in [1.82, 2.24) is 39.4 Å². The van der Waals surface area contributed by atoms with Crippen LogP contribution in [0, 0.1) is 0 Å². The summed E-state index contributed by atoms with van der Waals surface area (Å²) in [4.78, 5) is 36.7. The van der Waals surface area contributed by atoms with E-state index >= 15 is 0 Å². The van der Waals surface area contributed by atoms with E-state index in [0.29, 0.717) is 53.8 Å². The van der Waals surface area contributed by atoms with Gasteiger partial charge in [0.05, 0.1) is 39.8 Å². The molecule has 0 saturated carbocycles. The number of aliphatic hydroxyl groups is 1. The molecule has 0 aliphatic rings. The average molecular weight is 789 g/mol. The second-order valence-electron chi connectivity index (χ2n) is 15.7. The van der Waals surface area contributed by atoms with Crippen molar-refractivity contribution in [2.24, 2.45) is 0 Å². The van der Waals surface area contributed by atoms with Crippen molar-refractivity contribution >= 4 is 61.4 Å². The van der Waals surface area contributed by atoms with E-state index in [1.54, 1.807) is 26.2 Å². The molecule has 5 heterocycles. The number of nitrogens with one attached hydrogen (secondary N) is 2. The Labute approximate surface area is 337 Å². The summed E-state index contributed by atoms with van der Waals surface area (Å²) in [6.45, 7) is 15.1. The predicted octanol–water partition coefficient (Wildman–Crippen LogP) is 6.34. The Bertz CT molecular complexity index is 2580. The number of pyridine rings is 3. The number of benzene rings is 2. The van der Waals surface area contributed by atoms with Gasteiger partial charge in [-0.2, -0.15) is 0 Å². The minimum Gasteiger partial charge on any atom is -0.389 e. The van der Waals surface area contributed by atoms with Crippen LogP contribution in [-0.4, -0.2) is 82.3 Å². The molecule has 1 unspecified atom stereocenters. The molecule has 15 heteroatoms. The number of anilines is 2. The van der Waals surface area contributed by atoms with Gasteiger partial charge in [0, 0.05) is 42.9 Å². The van der Waals surface area contributed by atoms with Crippen LogP contribution in [0.3, 0.4) is 0 Å². The lowest BCUT2D eigenvalue weighted by Gasteiger charge is -2.28.